The Labute approximate surface area is 163 Å². The summed E-state index contributed by atoms with van der Waals surface area (Å²) in [4.78, 5) is 0. The molecule has 0 aromatic rings. The monoisotopic (exact) mass is 383 g/mol. The molecule has 0 aliphatic carbocycles. The summed E-state index contributed by atoms with van der Waals surface area (Å²) in [5.74, 6) is 0.603. The number of hydrogen-bond donors (Lipinski definition) is 0. The highest BCUT2D eigenvalue weighted by molar-refractivity contribution is 6.17. The largest absolute Gasteiger partial charge is 1.00 e. The highest BCUT2D eigenvalue weighted by atomic mass is 35.5. The van der Waals surface area contributed by atoms with E-state index in [0.717, 1.165) is 17.6 Å². The van der Waals surface area contributed by atoms with Crippen LogP contribution in [0.3, 0.4) is 0 Å². The highest BCUT2D eigenvalue weighted by Crippen LogP contribution is 2.12. The van der Waals surface area contributed by atoms with Crippen molar-refractivity contribution in [1.82, 2.24) is 0 Å². The first-order valence-corrected chi connectivity index (χ1v) is 10.6. The van der Waals surface area contributed by atoms with Gasteiger partial charge in [-0.15, -0.1) is 11.6 Å². The molecule has 0 rings (SSSR count). The number of rotatable bonds is 18. The summed E-state index contributed by atoms with van der Waals surface area (Å²) < 4.78 is 6.55. The zero-order valence-electron chi connectivity index (χ0n) is 16.6. The molecule has 4 heteroatoms. The van der Waals surface area contributed by atoms with Crippen molar-refractivity contribution in [2.45, 2.75) is 84.0 Å². The van der Waals surface area contributed by atoms with Crippen LogP contribution in [0.5, 0.6) is 0 Å². The van der Waals surface area contributed by atoms with Crippen LogP contribution in [0.25, 0.3) is 0 Å². The van der Waals surface area contributed by atoms with Gasteiger partial charge in [-0.05, 0) is 12.8 Å². The zero-order valence-corrected chi connectivity index (χ0v) is 18.1. The molecule has 0 aliphatic heterocycles. The molecule has 0 amide bonds. The SMILES string of the molecule is CCCCCCCCCCCCCC[N+](C)(C)CCOCCCl.[Cl-]. The van der Waals surface area contributed by atoms with E-state index in [2.05, 4.69) is 21.0 Å². The van der Waals surface area contributed by atoms with Gasteiger partial charge in [0.15, 0.2) is 0 Å². The normalized spacial score (nSPS) is 11.5. The molecule has 0 heterocycles. The van der Waals surface area contributed by atoms with Gasteiger partial charge in [0.1, 0.15) is 6.54 Å². The minimum atomic E-state index is 0. The number of likely N-dealkylation sites (N-methyl/N-ethyl adjacent to an activating group) is 1. The number of quaternary nitrogens is 1. The van der Waals surface area contributed by atoms with E-state index >= 15 is 0 Å². The van der Waals surface area contributed by atoms with Gasteiger partial charge in [0.05, 0.1) is 33.9 Å². The molecule has 0 unspecified atom stereocenters. The Bertz CT molecular complexity index is 238. The molecule has 148 valence electrons. The molecule has 0 spiro atoms. The van der Waals surface area contributed by atoms with E-state index in [0.29, 0.717) is 12.5 Å². The first kappa shape index (κ1) is 26.7. The number of alkyl halides is 1. The molecule has 0 aromatic heterocycles. The van der Waals surface area contributed by atoms with E-state index in [4.69, 9.17) is 16.3 Å². The molecule has 0 radical (unpaired) electrons. The number of nitrogens with zero attached hydrogens (tertiary/aromatic N) is 1. The van der Waals surface area contributed by atoms with Gasteiger partial charge in [-0.25, -0.2) is 0 Å². The molecule has 0 bridgehead atoms. The van der Waals surface area contributed by atoms with Gasteiger partial charge in [-0.2, -0.15) is 0 Å². The van der Waals surface area contributed by atoms with Crippen LogP contribution in [-0.2, 0) is 4.74 Å². The van der Waals surface area contributed by atoms with Crippen LogP contribution < -0.4 is 12.4 Å². The Balaban J connectivity index is 0. The molecule has 0 fully saturated rings. The number of hydrogen-bond acceptors (Lipinski definition) is 1. The molecule has 0 aromatic carbocycles. The second-order valence-electron chi connectivity index (χ2n) is 7.57. The summed E-state index contributed by atoms with van der Waals surface area (Å²) in [7, 11) is 4.62. The average Bonchev–Trinajstić information content (AvgIpc) is 2.52. The fourth-order valence-corrected chi connectivity index (χ4v) is 3.07. The van der Waals surface area contributed by atoms with Crippen molar-refractivity contribution < 1.29 is 21.6 Å². The van der Waals surface area contributed by atoms with Crippen molar-refractivity contribution in [3.63, 3.8) is 0 Å². The van der Waals surface area contributed by atoms with Crippen molar-refractivity contribution in [3.8, 4) is 0 Å². The Hall–Kier alpha value is 0.500. The maximum atomic E-state index is 5.61. The summed E-state index contributed by atoms with van der Waals surface area (Å²) >= 11 is 5.61. The lowest BCUT2D eigenvalue weighted by molar-refractivity contribution is -0.890. The lowest BCUT2D eigenvalue weighted by Gasteiger charge is -2.29. The maximum Gasteiger partial charge on any atom is 0.102 e. The minimum absolute atomic E-state index is 0. The molecular formula is C20H43Cl2NO. The molecule has 0 atom stereocenters. The summed E-state index contributed by atoms with van der Waals surface area (Å²) in [6.45, 7) is 6.16. The van der Waals surface area contributed by atoms with Gasteiger partial charge < -0.3 is 21.6 Å². The van der Waals surface area contributed by atoms with Gasteiger partial charge in [0.25, 0.3) is 0 Å². The molecular weight excluding hydrogens is 341 g/mol. The third kappa shape index (κ3) is 20.5. The first-order valence-electron chi connectivity index (χ1n) is 10.1. The van der Waals surface area contributed by atoms with Crippen LogP contribution >= 0.6 is 11.6 Å². The molecule has 2 nitrogen and oxygen atoms in total. The van der Waals surface area contributed by atoms with E-state index in [1.54, 1.807) is 0 Å². The molecule has 0 saturated heterocycles. The van der Waals surface area contributed by atoms with E-state index in [1.807, 2.05) is 0 Å². The van der Waals surface area contributed by atoms with Crippen LogP contribution in [0, 0.1) is 0 Å². The minimum Gasteiger partial charge on any atom is -1.00 e. The second-order valence-corrected chi connectivity index (χ2v) is 7.95. The van der Waals surface area contributed by atoms with Gasteiger partial charge in [0.2, 0.25) is 0 Å². The van der Waals surface area contributed by atoms with Crippen molar-refractivity contribution in [1.29, 1.82) is 0 Å². The highest BCUT2D eigenvalue weighted by Gasteiger charge is 2.13. The zero-order chi connectivity index (χ0) is 17.2. The van der Waals surface area contributed by atoms with Crippen LogP contribution in [0.1, 0.15) is 84.0 Å². The quantitative estimate of drug-likeness (QED) is 0.201. The van der Waals surface area contributed by atoms with E-state index in [-0.39, 0.29) is 12.4 Å². The third-order valence-electron chi connectivity index (χ3n) is 4.68. The van der Waals surface area contributed by atoms with Crippen LogP contribution in [-0.4, -0.2) is 50.8 Å². The van der Waals surface area contributed by atoms with Crippen LogP contribution in [0.2, 0.25) is 0 Å². The van der Waals surface area contributed by atoms with E-state index < -0.39 is 0 Å². The fourth-order valence-electron chi connectivity index (χ4n) is 2.96. The summed E-state index contributed by atoms with van der Waals surface area (Å²) in [6.07, 6.45) is 17.1. The number of ether oxygens (including phenoxy) is 1. The molecule has 0 N–H and O–H groups in total. The summed E-state index contributed by atoms with van der Waals surface area (Å²) in [5, 5.41) is 0. The van der Waals surface area contributed by atoms with E-state index in [9.17, 15) is 0 Å². The number of unbranched alkanes of at least 4 members (excludes halogenated alkanes) is 11. The second kappa shape index (κ2) is 19.8. The average molecular weight is 384 g/mol. The van der Waals surface area contributed by atoms with Gasteiger partial charge >= 0.3 is 0 Å². The van der Waals surface area contributed by atoms with Gasteiger partial charge in [0, 0.05) is 5.88 Å². The first-order chi connectivity index (χ1) is 11.1. The lowest BCUT2D eigenvalue weighted by atomic mass is 10.1. The third-order valence-corrected chi connectivity index (χ3v) is 4.83. The summed E-state index contributed by atoms with van der Waals surface area (Å²) in [5.41, 5.74) is 0. The van der Waals surface area contributed by atoms with Gasteiger partial charge in [-0.3, -0.25) is 0 Å². The predicted molar refractivity (Wildman–Crippen MR) is 104 cm³/mol. The van der Waals surface area contributed by atoms with Crippen molar-refractivity contribution in [2.24, 2.45) is 0 Å². The topological polar surface area (TPSA) is 9.23 Å². The van der Waals surface area contributed by atoms with Gasteiger partial charge in [-0.1, -0.05) is 71.1 Å². The Morgan fingerprint density at radius 3 is 1.58 bits per heavy atom. The summed E-state index contributed by atoms with van der Waals surface area (Å²) in [6, 6.07) is 0. The van der Waals surface area contributed by atoms with Crippen LogP contribution in [0.15, 0.2) is 0 Å². The molecule has 0 saturated carbocycles. The van der Waals surface area contributed by atoms with Crippen molar-refractivity contribution in [2.75, 3.05) is 46.3 Å². The predicted octanol–water partition coefficient (Wildman–Crippen LogP) is 3.02. The molecule has 24 heavy (non-hydrogen) atoms. The standard InChI is InChI=1S/C20H43ClNO.ClH/c1-4-5-6-7-8-9-10-11-12-13-14-15-17-22(2,3)18-20-23-19-16-21;/h4-20H2,1-3H3;1H/q+1;/p-1. The Morgan fingerprint density at radius 2 is 1.12 bits per heavy atom. The van der Waals surface area contributed by atoms with Crippen LogP contribution in [0.4, 0.5) is 0 Å². The lowest BCUT2D eigenvalue weighted by Crippen LogP contribution is -3.00. The Kier molecular flexibility index (Phi) is 22.1. The number of halogens is 2. The smallest absolute Gasteiger partial charge is 0.102 e. The Morgan fingerprint density at radius 1 is 0.667 bits per heavy atom. The maximum absolute atomic E-state index is 5.61. The van der Waals surface area contributed by atoms with Crippen molar-refractivity contribution in [3.05, 3.63) is 0 Å². The fraction of sp³-hybridized carbons (Fsp3) is 1.00. The van der Waals surface area contributed by atoms with Crippen molar-refractivity contribution >= 4 is 11.6 Å². The van der Waals surface area contributed by atoms with E-state index in [1.165, 1.54) is 83.6 Å². The molecule has 0 aliphatic rings.